The summed E-state index contributed by atoms with van der Waals surface area (Å²) in [7, 11) is 0. The standard InChI is InChI=1S/C26H20F3N3O4S/c27-26(28,29)16-4-1-2-5-17(16)31-22(34)12-37-25-15(11-30)23(24-18(32-25)6-3-7-19(24)33)14-8-9-20-21(10-14)36-13-35-20/h1-2,4-5,8-10,23,32H,3,6-7,12-13H2,(H,31,34)/t23-/m0/s1. The van der Waals surface area contributed by atoms with E-state index in [9.17, 15) is 28.0 Å². The number of hydrogen-bond donors (Lipinski definition) is 2. The number of fused-ring (bicyclic) bond motifs is 1. The van der Waals surface area contributed by atoms with E-state index in [1.165, 1.54) is 18.2 Å². The maximum Gasteiger partial charge on any atom is 0.418 e. The molecule has 1 amide bonds. The quantitative estimate of drug-likeness (QED) is 0.549. The van der Waals surface area contributed by atoms with Crippen LogP contribution in [0, 0.1) is 11.3 Å². The maximum absolute atomic E-state index is 13.3. The molecule has 190 valence electrons. The average Bonchev–Trinajstić information content (AvgIpc) is 3.34. The Morgan fingerprint density at radius 1 is 1.16 bits per heavy atom. The molecule has 0 spiro atoms. The molecule has 5 rings (SSSR count). The van der Waals surface area contributed by atoms with Gasteiger partial charge in [-0.3, -0.25) is 9.59 Å². The van der Waals surface area contributed by atoms with E-state index in [4.69, 9.17) is 9.47 Å². The van der Waals surface area contributed by atoms with Crippen LogP contribution in [-0.2, 0) is 15.8 Å². The van der Waals surface area contributed by atoms with Gasteiger partial charge in [-0.15, -0.1) is 0 Å². The summed E-state index contributed by atoms with van der Waals surface area (Å²) in [6.07, 6.45) is -3.01. The number of nitriles is 1. The molecule has 2 N–H and O–H groups in total. The number of nitrogens with one attached hydrogen (secondary N) is 2. The van der Waals surface area contributed by atoms with Gasteiger partial charge in [0.2, 0.25) is 12.7 Å². The number of alkyl halides is 3. The molecule has 2 heterocycles. The van der Waals surface area contributed by atoms with E-state index in [0.717, 1.165) is 17.8 Å². The van der Waals surface area contributed by atoms with Crippen LogP contribution in [-0.4, -0.2) is 24.2 Å². The lowest BCUT2D eigenvalue weighted by atomic mass is 9.77. The molecule has 0 fully saturated rings. The van der Waals surface area contributed by atoms with Gasteiger partial charge >= 0.3 is 6.18 Å². The second kappa shape index (κ2) is 9.86. The van der Waals surface area contributed by atoms with Crippen LogP contribution in [0.3, 0.4) is 0 Å². The van der Waals surface area contributed by atoms with Gasteiger partial charge in [-0.25, -0.2) is 0 Å². The molecule has 0 saturated heterocycles. The first kappa shape index (κ1) is 24.8. The zero-order valence-corrected chi connectivity index (χ0v) is 20.1. The van der Waals surface area contributed by atoms with Crippen LogP contribution >= 0.6 is 11.8 Å². The number of carbonyl (C=O) groups excluding carboxylic acids is 2. The van der Waals surface area contributed by atoms with Gasteiger partial charge in [0.15, 0.2) is 17.3 Å². The number of para-hydroxylation sites is 1. The summed E-state index contributed by atoms with van der Waals surface area (Å²) in [4.78, 5) is 25.6. The Labute approximate surface area is 214 Å². The monoisotopic (exact) mass is 527 g/mol. The molecule has 2 aliphatic heterocycles. The van der Waals surface area contributed by atoms with Gasteiger partial charge in [-0.2, -0.15) is 18.4 Å². The highest BCUT2D eigenvalue weighted by atomic mass is 32.2. The van der Waals surface area contributed by atoms with E-state index in [2.05, 4.69) is 16.7 Å². The fourth-order valence-electron chi connectivity index (χ4n) is 4.63. The van der Waals surface area contributed by atoms with E-state index in [1.807, 2.05) is 0 Å². The number of carbonyl (C=O) groups is 2. The first-order chi connectivity index (χ1) is 17.8. The van der Waals surface area contributed by atoms with Crippen molar-refractivity contribution >= 4 is 29.1 Å². The van der Waals surface area contributed by atoms with Crippen molar-refractivity contribution in [3.8, 4) is 17.6 Å². The number of hydrogen-bond acceptors (Lipinski definition) is 7. The van der Waals surface area contributed by atoms with Crippen molar-refractivity contribution < 1.29 is 32.2 Å². The van der Waals surface area contributed by atoms with Crippen LogP contribution in [0.5, 0.6) is 11.5 Å². The van der Waals surface area contributed by atoms with Gasteiger partial charge < -0.3 is 20.1 Å². The molecule has 3 aliphatic rings. The van der Waals surface area contributed by atoms with Crippen molar-refractivity contribution in [3.05, 3.63) is 75.5 Å². The summed E-state index contributed by atoms with van der Waals surface area (Å²) in [5.74, 6) is -0.558. The first-order valence-corrected chi connectivity index (χ1v) is 12.4. The zero-order chi connectivity index (χ0) is 26.2. The Bertz CT molecular complexity index is 1390. The Morgan fingerprint density at radius 2 is 1.95 bits per heavy atom. The fourth-order valence-corrected chi connectivity index (χ4v) is 5.49. The van der Waals surface area contributed by atoms with E-state index in [-0.39, 0.29) is 29.6 Å². The van der Waals surface area contributed by atoms with Gasteiger partial charge in [0.25, 0.3) is 0 Å². The number of dihydropyridines is 1. The number of thioether (sulfide) groups is 1. The fraction of sp³-hybridized carbons (Fsp3) is 0.269. The van der Waals surface area contributed by atoms with Crippen LogP contribution in [0.15, 0.2) is 64.3 Å². The molecule has 0 bridgehead atoms. The number of rotatable bonds is 5. The van der Waals surface area contributed by atoms with Crippen molar-refractivity contribution in [2.24, 2.45) is 0 Å². The topological polar surface area (TPSA) is 100 Å². The molecular formula is C26H20F3N3O4S. The number of ether oxygens (including phenoxy) is 2. The Hall–Kier alpha value is -3.91. The predicted molar refractivity (Wildman–Crippen MR) is 129 cm³/mol. The molecule has 1 aliphatic carbocycles. The number of anilines is 1. The minimum absolute atomic E-state index is 0.0604. The lowest BCUT2D eigenvalue weighted by molar-refractivity contribution is -0.137. The van der Waals surface area contributed by atoms with Crippen LogP contribution in [0.4, 0.5) is 18.9 Å². The smallest absolute Gasteiger partial charge is 0.418 e. The number of ketones is 1. The maximum atomic E-state index is 13.3. The van der Waals surface area contributed by atoms with Crippen LogP contribution < -0.4 is 20.1 Å². The summed E-state index contributed by atoms with van der Waals surface area (Å²) in [5, 5.41) is 16.0. The Balaban J connectivity index is 1.43. The largest absolute Gasteiger partial charge is 0.454 e. The highest BCUT2D eigenvalue weighted by molar-refractivity contribution is 8.03. The molecule has 7 nitrogen and oxygen atoms in total. The molecule has 0 saturated carbocycles. The van der Waals surface area contributed by atoms with Crippen molar-refractivity contribution in [3.63, 3.8) is 0 Å². The summed E-state index contributed by atoms with van der Waals surface area (Å²) in [6, 6.07) is 12.2. The number of halogens is 3. The normalized spacial score (nSPS) is 18.8. The van der Waals surface area contributed by atoms with Crippen molar-refractivity contribution in [1.29, 1.82) is 5.26 Å². The molecule has 0 unspecified atom stereocenters. The Morgan fingerprint density at radius 3 is 2.73 bits per heavy atom. The highest BCUT2D eigenvalue weighted by Crippen LogP contribution is 2.46. The third-order valence-electron chi connectivity index (χ3n) is 6.25. The van der Waals surface area contributed by atoms with Crippen LogP contribution in [0.2, 0.25) is 0 Å². The summed E-state index contributed by atoms with van der Waals surface area (Å²) in [6.45, 7) is 0.0759. The van der Waals surface area contributed by atoms with Gasteiger partial charge in [0, 0.05) is 17.7 Å². The minimum Gasteiger partial charge on any atom is -0.454 e. The SMILES string of the molecule is N#CC1=C(SCC(=O)Nc2ccccc2C(F)(F)F)NC2=C(C(=O)CCC2)[C@H]1c1ccc2c(c1)OCO2. The lowest BCUT2D eigenvalue weighted by Crippen LogP contribution is -2.31. The van der Waals surface area contributed by atoms with Crippen LogP contribution in [0.1, 0.15) is 36.3 Å². The number of Topliss-reactive ketones (excluding diaryl/α,β-unsaturated/α-hetero) is 1. The van der Waals surface area contributed by atoms with Crippen LogP contribution in [0.25, 0.3) is 0 Å². The van der Waals surface area contributed by atoms with Gasteiger partial charge in [-0.1, -0.05) is 30.0 Å². The second-order valence-electron chi connectivity index (χ2n) is 8.57. The van der Waals surface area contributed by atoms with Gasteiger partial charge in [0.1, 0.15) is 0 Å². The van der Waals surface area contributed by atoms with E-state index in [0.29, 0.717) is 52.6 Å². The van der Waals surface area contributed by atoms with E-state index < -0.39 is 23.6 Å². The molecule has 11 heteroatoms. The highest BCUT2D eigenvalue weighted by Gasteiger charge is 2.38. The van der Waals surface area contributed by atoms with E-state index >= 15 is 0 Å². The molecular weight excluding hydrogens is 507 g/mol. The van der Waals surface area contributed by atoms with E-state index in [1.54, 1.807) is 18.2 Å². The number of allylic oxidation sites excluding steroid dienone is 3. The van der Waals surface area contributed by atoms with Crippen molar-refractivity contribution in [2.45, 2.75) is 31.4 Å². The summed E-state index contributed by atoms with van der Waals surface area (Å²) >= 11 is 1.00. The Kier molecular flexibility index (Phi) is 6.60. The number of benzene rings is 2. The molecule has 2 aromatic rings. The average molecular weight is 528 g/mol. The molecule has 0 radical (unpaired) electrons. The molecule has 0 aromatic heterocycles. The van der Waals surface area contributed by atoms with Gasteiger partial charge in [0.05, 0.1) is 39.6 Å². The number of nitrogens with zero attached hydrogens (tertiary/aromatic N) is 1. The van der Waals surface area contributed by atoms with Crippen molar-refractivity contribution in [1.82, 2.24) is 5.32 Å². The van der Waals surface area contributed by atoms with Gasteiger partial charge in [-0.05, 0) is 42.7 Å². The third kappa shape index (κ3) is 4.89. The predicted octanol–water partition coefficient (Wildman–Crippen LogP) is 5.24. The lowest BCUT2D eigenvalue weighted by Gasteiger charge is -2.33. The summed E-state index contributed by atoms with van der Waals surface area (Å²) < 4.78 is 50.7. The third-order valence-corrected chi connectivity index (χ3v) is 7.26. The minimum atomic E-state index is -4.62. The first-order valence-electron chi connectivity index (χ1n) is 11.4. The molecule has 1 atom stereocenters. The summed E-state index contributed by atoms with van der Waals surface area (Å²) in [5.41, 5.74) is 0.832. The zero-order valence-electron chi connectivity index (χ0n) is 19.3. The van der Waals surface area contributed by atoms with Crippen molar-refractivity contribution in [2.75, 3.05) is 17.9 Å². The second-order valence-corrected chi connectivity index (χ2v) is 9.56. The number of amides is 1. The molecule has 37 heavy (non-hydrogen) atoms. The molecule has 2 aromatic carbocycles.